The number of ketones is 1. The zero-order valence-electron chi connectivity index (χ0n) is 12.0. The van der Waals surface area contributed by atoms with Gasteiger partial charge in [0.15, 0.2) is 15.6 Å². The highest BCUT2D eigenvalue weighted by molar-refractivity contribution is 7.93. The van der Waals surface area contributed by atoms with Crippen molar-refractivity contribution >= 4 is 15.6 Å². The first kappa shape index (κ1) is 15.2. The number of halogens is 1. The predicted octanol–water partition coefficient (Wildman–Crippen LogP) is 2.43. The zero-order chi connectivity index (χ0) is 15.9. The van der Waals surface area contributed by atoms with Gasteiger partial charge in [0.1, 0.15) is 5.82 Å². The van der Waals surface area contributed by atoms with Gasteiger partial charge in [0, 0.05) is 17.0 Å². The molecule has 116 valence electrons. The highest BCUT2D eigenvalue weighted by Gasteiger charge is 2.48. The van der Waals surface area contributed by atoms with E-state index in [0.717, 1.165) is 0 Å². The van der Waals surface area contributed by atoms with E-state index >= 15 is 0 Å². The molecule has 0 spiro atoms. The van der Waals surface area contributed by atoms with Gasteiger partial charge in [-0.05, 0) is 43.9 Å². The smallest absolute Gasteiger partial charge is 0.166 e. The molecule has 0 N–H and O–H groups in total. The average Bonchev–Trinajstić information content (AvgIpc) is 2.68. The Labute approximate surface area is 128 Å². The molecule has 1 aromatic rings. The number of nitriles is 1. The largest absolute Gasteiger partial charge is 0.294 e. The Morgan fingerprint density at radius 2 is 1.91 bits per heavy atom. The fourth-order valence-electron chi connectivity index (χ4n) is 3.61. The van der Waals surface area contributed by atoms with E-state index < -0.39 is 26.2 Å². The minimum atomic E-state index is -3.06. The molecule has 0 radical (unpaired) electrons. The Hall–Kier alpha value is -1.74. The summed E-state index contributed by atoms with van der Waals surface area (Å²) in [5, 5.41) is 7.88. The van der Waals surface area contributed by atoms with Gasteiger partial charge in [-0.2, -0.15) is 5.26 Å². The van der Waals surface area contributed by atoms with Gasteiger partial charge in [-0.3, -0.25) is 4.79 Å². The summed E-state index contributed by atoms with van der Waals surface area (Å²) >= 11 is 0. The maximum atomic E-state index is 13.6. The normalized spacial score (nSPS) is 29.0. The van der Waals surface area contributed by atoms with Crippen molar-refractivity contribution in [1.29, 1.82) is 5.26 Å². The summed E-state index contributed by atoms with van der Waals surface area (Å²) < 4.78 is 37.7. The Bertz CT molecular complexity index is 746. The molecule has 22 heavy (non-hydrogen) atoms. The Balaban J connectivity index is 1.84. The van der Waals surface area contributed by atoms with E-state index in [1.807, 2.05) is 6.07 Å². The molecular weight excluding hydrogens is 305 g/mol. The van der Waals surface area contributed by atoms with Crippen molar-refractivity contribution in [2.24, 2.45) is 5.92 Å². The number of Topliss-reactive ketones (excluding diaryl/α,β-unsaturated/α-hetero) is 1. The highest BCUT2D eigenvalue weighted by atomic mass is 32.2. The van der Waals surface area contributed by atoms with E-state index in [1.165, 1.54) is 18.2 Å². The van der Waals surface area contributed by atoms with E-state index in [-0.39, 0.29) is 23.7 Å². The van der Waals surface area contributed by atoms with Crippen LogP contribution in [-0.4, -0.2) is 24.7 Å². The Kier molecular flexibility index (Phi) is 3.77. The summed E-state index contributed by atoms with van der Waals surface area (Å²) in [7, 11) is -3.06. The van der Waals surface area contributed by atoms with E-state index in [0.29, 0.717) is 31.2 Å². The van der Waals surface area contributed by atoms with E-state index in [9.17, 15) is 17.6 Å². The second kappa shape index (κ2) is 5.47. The van der Waals surface area contributed by atoms with Crippen LogP contribution >= 0.6 is 0 Å². The van der Waals surface area contributed by atoms with Crippen LogP contribution in [0.3, 0.4) is 0 Å². The van der Waals surface area contributed by atoms with Gasteiger partial charge in [0.05, 0.1) is 23.0 Å². The van der Waals surface area contributed by atoms with Gasteiger partial charge in [-0.25, -0.2) is 12.8 Å². The summed E-state index contributed by atoms with van der Waals surface area (Å²) in [4.78, 5) is 12.6. The highest BCUT2D eigenvalue weighted by Crippen LogP contribution is 2.42. The number of rotatable bonds is 3. The van der Waals surface area contributed by atoms with Crippen LogP contribution in [-0.2, 0) is 16.3 Å². The van der Waals surface area contributed by atoms with Crippen LogP contribution in [0.15, 0.2) is 18.2 Å². The monoisotopic (exact) mass is 321 g/mol. The van der Waals surface area contributed by atoms with Crippen LogP contribution in [0.25, 0.3) is 0 Å². The van der Waals surface area contributed by atoms with Gasteiger partial charge in [-0.15, -0.1) is 0 Å². The first-order valence-corrected chi connectivity index (χ1v) is 8.96. The van der Waals surface area contributed by atoms with Crippen LogP contribution in [0.1, 0.15) is 41.6 Å². The quantitative estimate of drug-likeness (QED) is 0.801. The Morgan fingerprint density at radius 1 is 1.27 bits per heavy atom. The van der Waals surface area contributed by atoms with Crippen LogP contribution in [0.2, 0.25) is 0 Å². The lowest BCUT2D eigenvalue weighted by Crippen LogP contribution is -2.36. The standard InChI is InChI=1S/C16H16FNO3S/c17-15-4-1-11(7-10(15)5-6-18)16(19)12-8-13-2-3-14(9-12)22(13,20)21/h1,4,7,12-14H,2-3,5,8-9H2. The SMILES string of the molecule is N#CCc1cc(C(=O)C2CC3CCC(C2)S3(=O)=O)ccc1F. The lowest BCUT2D eigenvalue weighted by atomic mass is 9.89. The summed E-state index contributed by atoms with van der Waals surface area (Å²) in [5.74, 6) is -0.947. The van der Waals surface area contributed by atoms with Gasteiger partial charge in [0.2, 0.25) is 0 Å². The molecule has 3 rings (SSSR count). The van der Waals surface area contributed by atoms with E-state index in [4.69, 9.17) is 5.26 Å². The van der Waals surface area contributed by atoms with Crippen molar-refractivity contribution in [2.45, 2.75) is 42.6 Å². The number of carbonyl (C=O) groups excluding carboxylic acids is 1. The number of hydrogen-bond acceptors (Lipinski definition) is 4. The molecule has 6 heteroatoms. The van der Waals surface area contributed by atoms with Gasteiger partial charge >= 0.3 is 0 Å². The maximum absolute atomic E-state index is 13.6. The second-order valence-corrected chi connectivity index (χ2v) is 8.60. The van der Waals surface area contributed by atoms with Crippen molar-refractivity contribution in [1.82, 2.24) is 0 Å². The third kappa shape index (κ3) is 2.44. The summed E-state index contributed by atoms with van der Waals surface area (Å²) in [5.41, 5.74) is 0.579. The Morgan fingerprint density at radius 3 is 2.50 bits per heavy atom. The summed E-state index contributed by atoms with van der Waals surface area (Å²) in [6.07, 6.45) is 1.92. The molecule has 4 nitrogen and oxygen atoms in total. The van der Waals surface area contributed by atoms with Gasteiger partial charge in [-0.1, -0.05) is 0 Å². The lowest BCUT2D eigenvalue weighted by Gasteiger charge is -2.27. The molecule has 2 fully saturated rings. The number of sulfone groups is 1. The minimum absolute atomic E-state index is 0.0861. The van der Waals surface area contributed by atoms with Crippen molar-refractivity contribution < 1.29 is 17.6 Å². The summed E-state index contributed by atoms with van der Waals surface area (Å²) in [6.45, 7) is 0. The third-order valence-corrected chi connectivity index (χ3v) is 7.52. The van der Waals surface area contributed by atoms with Crippen LogP contribution < -0.4 is 0 Å². The molecular formula is C16H16FNO3S. The number of carbonyl (C=O) groups is 1. The first-order valence-electron chi connectivity index (χ1n) is 7.35. The van der Waals surface area contributed by atoms with Crippen molar-refractivity contribution in [2.75, 3.05) is 0 Å². The number of nitrogens with zero attached hydrogens (tertiary/aromatic N) is 1. The lowest BCUT2D eigenvalue weighted by molar-refractivity contribution is 0.0905. The minimum Gasteiger partial charge on any atom is -0.294 e. The maximum Gasteiger partial charge on any atom is 0.166 e. The van der Waals surface area contributed by atoms with Crippen molar-refractivity contribution in [3.05, 3.63) is 35.1 Å². The molecule has 0 aromatic heterocycles. The molecule has 1 aromatic carbocycles. The molecule has 2 aliphatic heterocycles. The molecule has 0 aliphatic carbocycles. The number of fused-ring (bicyclic) bond motifs is 2. The van der Waals surface area contributed by atoms with E-state index in [2.05, 4.69) is 0 Å². The van der Waals surface area contributed by atoms with Gasteiger partial charge < -0.3 is 0 Å². The third-order valence-electron chi connectivity index (χ3n) is 4.81. The molecule has 2 unspecified atom stereocenters. The molecule has 2 bridgehead atoms. The zero-order valence-corrected chi connectivity index (χ0v) is 12.8. The van der Waals surface area contributed by atoms with Crippen LogP contribution in [0.5, 0.6) is 0 Å². The molecule has 0 saturated carbocycles. The van der Waals surface area contributed by atoms with Crippen LogP contribution in [0.4, 0.5) is 4.39 Å². The number of hydrogen-bond donors (Lipinski definition) is 0. The fraction of sp³-hybridized carbons (Fsp3) is 0.500. The summed E-state index contributed by atoms with van der Waals surface area (Å²) in [6, 6.07) is 5.92. The van der Waals surface area contributed by atoms with Crippen molar-refractivity contribution in [3.8, 4) is 6.07 Å². The molecule has 2 heterocycles. The number of benzene rings is 1. The molecule has 0 amide bonds. The predicted molar refractivity (Wildman–Crippen MR) is 78.5 cm³/mol. The fourth-order valence-corrected chi connectivity index (χ4v) is 6.08. The van der Waals surface area contributed by atoms with Crippen LogP contribution in [0, 0.1) is 23.1 Å². The molecule has 2 atom stereocenters. The average molecular weight is 321 g/mol. The van der Waals surface area contributed by atoms with Crippen molar-refractivity contribution in [3.63, 3.8) is 0 Å². The molecule has 2 saturated heterocycles. The van der Waals surface area contributed by atoms with E-state index in [1.54, 1.807) is 0 Å². The second-order valence-electron chi connectivity index (χ2n) is 6.08. The molecule has 2 aliphatic rings. The van der Waals surface area contributed by atoms with Gasteiger partial charge in [0.25, 0.3) is 0 Å². The first-order chi connectivity index (χ1) is 10.4. The topological polar surface area (TPSA) is 75.0 Å².